The van der Waals surface area contributed by atoms with E-state index in [2.05, 4.69) is 10.6 Å². The molecule has 0 aliphatic rings. The molecule has 0 aromatic rings. The summed E-state index contributed by atoms with van der Waals surface area (Å²) in [5, 5.41) is 14.1. The van der Waals surface area contributed by atoms with Gasteiger partial charge in [0.2, 0.25) is 0 Å². The summed E-state index contributed by atoms with van der Waals surface area (Å²) in [5.41, 5.74) is -0.577. The maximum Gasteiger partial charge on any atom is 0.407 e. The van der Waals surface area contributed by atoms with Crippen LogP contribution in [0.15, 0.2) is 0 Å². The van der Waals surface area contributed by atoms with E-state index in [4.69, 9.17) is 9.84 Å². The van der Waals surface area contributed by atoms with Crippen molar-refractivity contribution in [1.82, 2.24) is 10.6 Å². The fraction of sp³-hybridized carbons (Fsp3) is 0.909. The maximum absolute atomic E-state index is 12.0. The van der Waals surface area contributed by atoms with Gasteiger partial charge in [0, 0.05) is 19.1 Å². The van der Waals surface area contributed by atoms with E-state index in [0.29, 0.717) is 0 Å². The van der Waals surface area contributed by atoms with Gasteiger partial charge in [-0.2, -0.15) is 0 Å². The predicted octanol–water partition coefficient (Wildman–Crippen LogP) is 1.12. The molecule has 108 valence electrons. The molecule has 0 aromatic heterocycles. The second-order valence-electron chi connectivity index (χ2n) is 5.09. The highest BCUT2D eigenvalue weighted by atomic mass is 19.3. The normalized spacial score (nSPS) is 15.3. The zero-order valence-electron chi connectivity index (χ0n) is 11.2. The zero-order valence-corrected chi connectivity index (χ0v) is 11.2. The molecule has 7 heteroatoms. The summed E-state index contributed by atoms with van der Waals surface area (Å²) in [5.74, 6) is 0. The van der Waals surface area contributed by atoms with Gasteiger partial charge in [0.25, 0.3) is 6.43 Å². The van der Waals surface area contributed by atoms with Crippen LogP contribution >= 0.6 is 0 Å². The smallest absolute Gasteiger partial charge is 0.407 e. The standard InChI is InChI=1S/C11H22F2N2O3/c1-7(14-6-8(16)9(12)13)5-15-10(17)18-11(2,3)4/h7-9,14,16H,5-6H2,1-4H3,(H,15,17). The predicted molar refractivity (Wildman–Crippen MR) is 63.7 cm³/mol. The lowest BCUT2D eigenvalue weighted by Crippen LogP contribution is -2.44. The fourth-order valence-electron chi connectivity index (χ4n) is 1.03. The van der Waals surface area contributed by atoms with E-state index in [0.717, 1.165) is 0 Å². The summed E-state index contributed by atoms with van der Waals surface area (Å²) < 4.78 is 29.0. The summed E-state index contributed by atoms with van der Waals surface area (Å²) in [6.45, 7) is 6.93. The van der Waals surface area contributed by atoms with Crippen molar-refractivity contribution < 1.29 is 23.4 Å². The number of rotatable bonds is 6. The summed E-state index contributed by atoms with van der Waals surface area (Å²) >= 11 is 0. The Labute approximate surface area is 106 Å². The molecule has 2 unspecified atom stereocenters. The Bertz CT molecular complexity index is 257. The van der Waals surface area contributed by atoms with E-state index in [-0.39, 0.29) is 19.1 Å². The molecule has 2 atom stereocenters. The molecule has 5 nitrogen and oxygen atoms in total. The van der Waals surface area contributed by atoms with Crippen LogP contribution in [0.3, 0.4) is 0 Å². The first-order chi connectivity index (χ1) is 8.11. The SMILES string of the molecule is CC(CNC(=O)OC(C)(C)C)NCC(O)C(F)F. The molecule has 0 radical (unpaired) electrons. The number of alkyl halides is 2. The van der Waals surface area contributed by atoms with Gasteiger partial charge in [-0.05, 0) is 27.7 Å². The summed E-state index contributed by atoms with van der Waals surface area (Å²) in [4.78, 5) is 11.3. The highest BCUT2D eigenvalue weighted by Crippen LogP contribution is 2.06. The van der Waals surface area contributed by atoms with Crippen LogP contribution in [0.2, 0.25) is 0 Å². The van der Waals surface area contributed by atoms with Gasteiger partial charge in [-0.25, -0.2) is 13.6 Å². The van der Waals surface area contributed by atoms with E-state index in [1.165, 1.54) is 0 Å². The van der Waals surface area contributed by atoms with E-state index >= 15 is 0 Å². The number of nitrogens with one attached hydrogen (secondary N) is 2. The molecule has 1 amide bonds. The Morgan fingerprint density at radius 3 is 2.33 bits per heavy atom. The van der Waals surface area contributed by atoms with Gasteiger partial charge in [0.15, 0.2) is 0 Å². The molecule has 0 saturated heterocycles. The largest absolute Gasteiger partial charge is 0.444 e. The molecule has 0 rings (SSSR count). The Hall–Kier alpha value is -0.950. The topological polar surface area (TPSA) is 70.6 Å². The van der Waals surface area contributed by atoms with Crippen LogP contribution in [-0.2, 0) is 4.74 Å². The first-order valence-corrected chi connectivity index (χ1v) is 5.78. The summed E-state index contributed by atoms with van der Waals surface area (Å²) in [7, 11) is 0. The number of hydrogen-bond acceptors (Lipinski definition) is 4. The average molecular weight is 268 g/mol. The number of halogens is 2. The van der Waals surface area contributed by atoms with E-state index in [9.17, 15) is 13.6 Å². The van der Waals surface area contributed by atoms with Crippen molar-refractivity contribution >= 4 is 6.09 Å². The van der Waals surface area contributed by atoms with E-state index < -0.39 is 24.2 Å². The number of aliphatic hydroxyl groups is 1. The third kappa shape index (κ3) is 9.12. The lowest BCUT2D eigenvalue weighted by Gasteiger charge is -2.21. The molecule has 0 aliphatic heterocycles. The highest BCUT2D eigenvalue weighted by molar-refractivity contribution is 5.67. The maximum atomic E-state index is 12.0. The summed E-state index contributed by atoms with van der Waals surface area (Å²) in [6, 6.07) is -0.245. The number of alkyl carbamates (subject to hydrolysis) is 1. The monoisotopic (exact) mass is 268 g/mol. The Balaban J connectivity index is 3.77. The first kappa shape index (κ1) is 17.1. The third-order valence-electron chi connectivity index (χ3n) is 1.92. The van der Waals surface area contributed by atoms with Crippen LogP contribution < -0.4 is 10.6 Å². The molecule has 18 heavy (non-hydrogen) atoms. The fourth-order valence-corrected chi connectivity index (χ4v) is 1.03. The molecule has 0 aliphatic carbocycles. The summed E-state index contributed by atoms with van der Waals surface area (Å²) in [6.07, 6.45) is -5.04. The van der Waals surface area contributed by atoms with Crippen LogP contribution in [-0.4, -0.2) is 48.5 Å². The molecule has 0 fully saturated rings. The molecular formula is C11H22F2N2O3. The number of carbonyl (C=O) groups is 1. The van der Waals surface area contributed by atoms with Crippen molar-refractivity contribution in [3.05, 3.63) is 0 Å². The zero-order chi connectivity index (χ0) is 14.3. The number of amides is 1. The van der Waals surface area contributed by atoms with Crippen LogP contribution in [0.25, 0.3) is 0 Å². The molecular weight excluding hydrogens is 246 g/mol. The van der Waals surface area contributed by atoms with Crippen molar-refractivity contribution in [3.8, 4) is 0 Å². The van der Waals surface area contributed by atoms with Crippen LogP contribution in [0, 0.1) is 0 Å². The van der Waals surface area contributed by atoms with Gasteiger partial charge in [0.05, 0.1) is 0 Å². The van der Waals surface area contributed by atoms with Crippen LogP contribution in [0.1, 0.15) is 27.7 Å². The Kier molecular flexibility index (Phi) is 7.08. The van der Waals surface area contributed by atoms with Gasteiger partial charge < -0.3 is 20.5 Å². The van der Waals surface area contributed by atoms with Crippen molar-refractivity contribution in [2.24, 2.45) is 0 Å². The van der Waals surface area contributed by atoms with Gasteiger partial charge in [-0.15, -0.1) is 0 Å². The van der Waals surface area contributed by atoms with E-state index in [1.54, 1.807) is 27.7 Å². The second kappa shape index (κ2) is 7.48. The second-order valence-corrected chi connectivity index (χ2v) is 5.09. The Morgan fingerprint density at radius 1 is 1.33 bits per heavy atom. The highest BCUT2D eigenvalue weighted by Gasteiger charge is 2.18. The number of aliphatic hydroxyl groups excluding tert-OH is 1. The third-order valence-corrected chi connectivity index (χ3v) is 1.92. The first-order valence-electron chi connectivity index (χ1n) is 5.78. The number of ether oxygens (including phenoxy) is 1. The van der Waals surface area contributed by atoms with Gasteiger partial charge in [0.1, 0.15) is 11.7 Å². The lowest BCUT2D eigenvalue weighted by molar-refractivity contribution is -0.00442. The van der Waals surface area contributed by atoms with Crippen LogP contribution in [0.5, 0.6) is 0 Å². The van der Waals surface area contributed by atoms with Crippen molar-refractivity contribution in [1.29, 1.82) is 0 Å². The van der Waals surface area contributed by atoms with Crippen molar-refractivity contribution in [2.75, 3.05) is 13.1 Å². The number of carbonyl (C=O) groups excluding carboxylic acids is 1. The number of hydrogen-bond donors (Lipinski definition) is 3. The van der Waals surface area contributed by atoms with Gasteiger partial charge in [-0.1, -0.05) is 0 Å². The quantitative estimate of drug-likeness (QED) is 0.675. The Morgan fingerprint density at radius 2 is 1.89 bits per heavy atom. The minimum atomic E-state index is -2.77. The lowest BCUT2D eigenvalue weighted by atomic mass is 10.2. The van der Waals surface area contributed by atoms with Gasteiger partial charge >= 0.3 is 6.09 Å². The molecule has 0 spiro atoms. The average Bonchev–Trinajstić information content (AvgIpc) is 2.20. The minimum Gasteiger partial charge on any atom is -0.444 e. The van der Waals surface area contributed by atoms with Crippen LogP contribution in [0.4, 0.5) is 13.6 Å². The molecule has 0 bridgehead atoms. The van der Waals surface area contributed by atoms with Gasteiger partial charge in [-0.3, -0.25) is 0 Å². The molecule has 0 heterocycles. The van der Waals surface area contributed by atoms with Crippen molar-refractivity contribution in [2.45, 2.75) is 51.9 Å². The minimum absolute atomic E-state index is 0.227. The molecule has 3 N–H and O–H groups in total. The molecule has 0 aromatic carbocycles. The van der Waals surface area contributed by atoms with Crippen molar-refractivity contribution in [3.63, 3.8) is 0 Å². The molecule has 0 saturated carbocycles. The van der Waals surface area contributed by atoms with E-state index in [1.807, 2.05) is 0 Å².